The Hall–Kier alpha value is -0.610. The minimum Gasteiger partial charge on any atom is -0.379 e. The van der Waals surface area contributed by atoms with Gasteiger partial charge in [0.1, 0.15) is 0 Å². The third-order valence-corrected chi connectivity index (χ3v) is 3.75. The Balaban J connectivity index is 2.46. The highest BCUT2D eigenvalue weighted by Crippen LogP contribution is 2.15. The molecule has 4 nitrogen and oxygen atoms in total. The molecule has 4 heteroatoms. The third kappa shape index (κ3) is 3.96. The highest BCUT2D eigenvalue weighted by molar-refractivity contribution is 5.80. The molecule has 1 rings (SSSR count). The molecule has 0 radical (unpaired) electrons. The minimum absolute atomic E-state index is 0.0403. The van der Waals surface area contributed by atoms with Crippen LogP contribution in [0.5, 0.6) is 0 Å². The number of carbonyl (C=O) groups excluding carboxylic acids is 1. The quantitative estimate of drug-likeness (QED) is 0.735. The van der Waals surface area contributed by atoms with Crippen molar-refractivity contribution in [2.75, 3.05) is 19.8 Å². The lowest BCUT2D eigenvalue weighted by Crippen LogP contribution is -2.47. The maximum Gasteiger partial charge on any atom is 0.227 e. The van der Waals surface area contributed by atoms with Crippen molar-refractivity contribution in [2.45, 2.75) is 46.2 Å². The monoisotopic (exact) mass is 242 g/mol. The van der Waals surface area contributed by atoms with Gasteiger partial charge in [0.25, 0.3) is 0 Å². The Morgan fingerprint density at radius 3 is 2.65 bits per heavy atom. The lowest BCUT2D eigenvalue weighted by atomic mass is 9.98. The molecule has 4 atom stereocenters. The number of nitrogens with one attached hydrogen (secondary N) is 2. The van der Waals surface area contributed by atoms with Crippen LogP contribution in [0.3, 0.4) is 0 Å². The van der Waals surface area contributed by atoms with Gasteiger partial charge in [-0.25, -0.2) is 0 Å². The standard InChI is InChI=1S/C13H26N2O2/c1-5-9(3)10(4)15-13(16)11-7-17-8-12(11)14-6-2/h9-12,14H,5-8H2,1-4H3,(H,15,16). The molecule has 0 bridgehead atoms. The zero-order valence-corrected chi connectivity index (χ0v) is 11.5. The lowest BCUT2D eigenvalue weighted by Gasteiger charge is -2.24. The fraction of sp³-hybridized carbons (Fsp3) is 0.923. The Kier molecular flexibility index (Phi) is 5.92. The van der Waals surface area contributed by atoms with Crippen LogP contribution in [0.15, 0.2) is 0 Å². The molecule has 0 spiro atoms. The van der Waals surface area contributed by atoms with E-state index in [-0.39, 0.29) is 23.9 Å². The molecule has 0 aromatic rings. The SMILES string of the molecule is CCNC1COCC1C(=O)NC(C)C(C)CC. The first-order chi connectivity index (χ1) is 8.10. The minimum atomic E-state index is -0.0403. The molecule has 1 saturated heterocycles. The van der Waals surface area contributed by atoms with E-state index in [4.69, 9.17) is 4.74 Å². The normalized spacial score (nSPS) is 27.8. The van der Waals surface area contributed by atoms with Gasteiger partial charge in [0.2, 0.25) is 5.91 Å². The topological polar surface area (TPSA) is 50.4 Å². The van der Waals surface area contributed by atoms with E-state index in [0.717, 1.165) is 13.0 Å². The summed E-state index contributed by atoms with van der Waals surface area (Å²) in [5.74, 6) is 0.599. The van der Waals surface area contributed by atoms with Crippen molar-refractivity contribution < 1.29 is 9.53 Å². The lowest BCUT2D eigenvalue weighted by molar-refractivity contribution is -0.126. The van der Waals surface area contributed by atoms with Crippen molar-refractivity contribution in [3.05, 3.63) is 0 Å². The summed E-state index contributed by atoms with van der Waals surface area (Å²) >= 11 is 0. The summed E-state index contributed by atoms with van der Waals surface area (Å²) in [7, 11) is 0. The first kappa shape index (κ1) is 14.5. The summed E-state index contributed by atoms with van der Waals surface area (Å²) in [6.07, 6.45) is 1.08. The van der Waals surface area contributed by atoms with E-state index in [1.54, 1.807) is 0 Å². The molecular formula is C13H26N2O2. The van der Waals surface area contributed by atoms with Crippen molar-refractivity contribution in [3.8, 4) is 0 Å². The first-order valence-electron chi connectivity index (χ1n) is 6.71. The van der Waals surface area contributed by atoms with E-state index in [1.807, 2.05) is 0 Å². The number of carbonyl (C=O) groups is 1. The smallest absolute Gasteiger partial charge is 0.227 e. The fourth-order valence-electron chi connectivity index (χ4n) is 2.10. The number of likely N-dealkylation sites (N-methyl/N-ethyl adjacent to an activating group) is 1. The average molecular weight is 242 g/mol. The first-order valence-corrected chi connectivity index (χ1v) is 6.71. The van der Waals surface area contributed by atoms with Crippen molar-refractivity contribution in [1.29, 1.82) is 0 Å². The maximum absolute atomic E-state index is 12.1. The predicted octanol–water partition coefficient (Wildman–Crippen LogP) is 1.16. The second kappa shape index (κ2) is 6.97. The van der Waals surface area contributed by atoms with Crippen molar-refractivity contribution in [2.24, 2.45) is 11.8 Å². The number of hydrogen-bond acceptors (Lipinski definition) is 3. The second-order valence-corrected chi connectivity index (χ2v) is 4.99. The van der Waals surface area contributed by atoms with Gasteiger partial charge < -0.3 is 15.4 Å². The largest absolute Gasteiger partial charge is 0.379 e. The molecular weight excluding hydrogens is 216 g/mol. The molecule has 0 aromatic heterocycles. The van der Waals surface area contributed by atoms with Crippen molar-refractivity contribution >= 4 is 5.91 Å². The van der Waals surface area contributed by atoms with Crippen LogP contribution in [-0.4, -0.2) is 37.7 Å². The molecule has 1 aliphatic rings. The van der Waals surface area contributed by atoms with Gasteiger partial charge in [-0.2, -0.15) is 0 Å². The molecule has 2 N–H and O–H groups in total. The Morgan fingerprint density at radius 2 is 2.06 bits per heavy atom. The maximum atomic E-state index is 12.1. The van der Waals surface area contributed by atoms with E-state index < -0.39 is 0 Å². The number of ether oxygens (including phenoxy) is 1. The molecule has 0 saturated carbocycles. The van der Waals surface area contributed by atoms with Crippen LogP contribution in [0.2, 0.25) is 0 Å². The van der Waals surface area contributed by atoms with Gasteiger partial charge >= 0.3 is 0 Å². The number of amides is 1. The van der Waals surface area contributed by atoms with E-state index in [0.29, 0.717) is 19.1 Å². The Labute approximate surface area is 104 Å². The van der Waals surface area contributed by atoms with Crippen LogP contribution in [0, 0.1) is 11.8 Å². The summed E-state index contributed by atoms with van der Waals surface area (Å²) in [4.78, 5) is 12.1. The highest BCUT2D eigenvalue weighted by atomic mass is 16.5. The fourth-order valence-corrected chi connectivity index (χ4v) is 2.10. The molecule has 1 fully saturated rings. The molecule has 0 aromatic carbocycles. The van der Waals surface area contributed by atoms with Gasteiger partial charge in [-0.15, -0.1) is 0 Å². The Morgan fingerprint density at radius 1 is 1.35 bits per heavy atom. The van der Waals surface area contributed by atoms with Gasteiger partial charge in [-0.1, -0.05) is 27.2 Å². The third-order valence-electron chi connectivity index (χ3n) is 3.75. The average Bonchev–Trinajstić information content (AvgIpc) is 2.76. The zero-order chi connectivity index (χ0) is 12.8. The van der Waals surface area contributed by atoms with E-state index >= 15 is 0 Å². The number of hydrogen-bond donors (Lipinski definition) is 2. The zero-order valence-electron chi connectivity index (χ0n) is 11.5. The molecule has 0 aliphatic carbocycles. The van der Waals surface area contributed by atoms with E-state index in [1.165, 1.54) is 0 Å². The van der Waals surface area contributed by atoms with Crippen LogP contribution in [0.4, 0.5) is 0 Å². The summed E-state index contributed by atoms with van der Waals surface area (Å²) in [6.45, 7) is 10.5. The van der Waals surface area contributed by atoms with Crippen molar-refractivity contribution in [3.63, 3.8) is 0 Å². The van der Waals surface area contributed by atoms with Crippen LogP contribution in [0.1, 0.15) is 34.1 Å². The van der Waals surface area contributed by atoms with Crippen LogP contribution in [-0.2, 0) is 9.53 Å². The Bertz CT molecular complexity index is 246. The van der Waals surface area contributed by atoms with Gasteiger partial charge in [-0.05, 0) is 19.4 Å². The molecule has 100 valence electrons. The summed E-state index contributed by atoms with van der Waals surface area (Å²) in [6, 6.07) is 0.402. The van der Waals surface area contributed by atoms with Gasteiger partial charge in [-0.3, -0.25) is 4.79 Å². The second-order valence-electron chi connectivity index (χ2n) is 4.99. The summed E-state index contributed by atoms with van der Waals surface area (Å²) in [5.41, 5.74) is 0. The van der Waals surface area contributed by atoms with Gasteiger partial charge in [0, 0.05) is 12.1 Å². The molecule has 1 heterocycles. The number of rotatable bonds is 6. The van der Waals surface area contributed by atoms with Crippen LogP contribution in [0.25, 0.3) is 0 Å². The molecule has 1 aliphatic heterocycles. The predicted molar refractivity (Wildman–Crippen MR) is 68.8 cm³/mol. The van der Waals surface area contributed by atoms with E-state index in [9.17, 15) is 4.79 Å². The van der Waals surface area contributed by atoms with Crippen LogP contribution < -0.4 is 10.6 Å². The molecule has 17 heavy (non-hydrogen) atoms. The molecule has 4 unspecified atom stereocenters. The molecule has 1 amide bonds. The van der Waals surface area contributed by atoms with E-state index in [2.05, 4.69) is 38.3 Å². The van der Waals surface area contributed by atoms with Crippen LogP contribution >= 0.6 is 0 Å². The van der Waals surface area contributed by atoms with Gasteiger partial charge in [0.15, 0.2) is 0 Å². The summed E-state index contributed by atoms with van der Waals surface area (Å²) < 4.78 is 5.39. The van der Waals surface area contributed by atoms with Crippen molar-refractivity contribution in [1.82, 2.24) is 10.6 Å². The highest BCUT2D eigenvalue weighted by Gasteiger charge is 2.34. The van der Waals surface area contributed by atoms with Gasteiger partial charge in [0.05, 0.1) is 19.1 Å². The summed E-state index contributed by atoms with van der Waals surface area (Å²) in [5, 5.41) is 6.41.